The molecule has 5 nitrogen and oxygen atoms in total. The van der Waals surface area contributed by atoms with E-state index in [1.807, 2.05) is 37.3 Å². The Morgan fingerprint density at radius 2 is 2.00 bits per heavy atom. The van der Waals surface area contributed by atoms with Gasteiger partial charge in [-0.3, -0.25) is 9.48 Å². The quantitative estimate of drug-likeness (QED) is 0.887. The molecule has 0 saturated carbocycles. The van der Waals surface area contributed by atoms with E-state index in [2.05, 4.69) is 10.4 Å². The molecule has 0 spiro atoms. The number of benzene rings is 1. The molecular weight excluding hydrogens is 254 g/mol. The lowest BCUT2D eigenvalue weighted by molar-refractivity contribution is 0.0915. The molecule has 2 rings (SSSR count). The van der Waals surface area contributed by atoms with Crippen LogP contribution in [0.2, 0.25) is 0 Å². The van der Waals surface area contributed by atoms with Crippen molar-refractivity contribution in [3.8, 4) is 0 Å². The Morgan fingerprint density at radius 3 is 2.50 bits per heavy atom. The van der Waals surface area contributed by atoms with E-state index in [1.54, 1.807) is 18.7 Å². The van der Waals surface area contributed by atoms with Crippen molar-refractivity contribution >= 4 is 5.91 Å². The van der Waals surface area contributed by atoms with Gasteiger partial charge in [0.1, 0.15) is 0 Å². The molecule has 20 heavy (non-hydrogen) atoms. The molecule has 0 saturated heterocycles. The molecule has 5 heteroatoms. The Hall–Kier alpha value is -2.14. The molecular formula is C15H19N3O2. The zero-order valence-electron chi connectivity index (χ0n) is 11.9. The van der Waals surface area contributed by atoms with Crippen LogP contribution in [0.1, 0.15) is 33.4 Å². The molecule has 0 aliphatic rings. The predicted molar refractivity (Wildman–Crippen MR) is 76.4 cm³/mol. The summed E-state index contributed by atoms with van der Waals surface area (Å²) >= 11 is 0. The highest BCUT2D eigenvalue weighted by molar-refractivity contribution is 5.96. The van der Waals surface area contributed by atoms with Gasteiger partial charge in [-0.1, -0.05) is 30.3 Å². The number of aromatic nitrogens is 2. The van der Waals surface area contributed by atoms with E-state index >= 15 is 0 Å². The number of aliphatic hydroxyl groups excluding tert-OH is 1. The maximum absolute atomic E-state index is 12.4. The number of nitrogens with zero attached hydrogens (tertiary/aromatic N) is 2. The number of hydrogen-bond donors (Lipinski definition) is 2. The Bertz CT molecular complexity index is 605. The lowest BCUT2D eigenvalue weighted by Gasteiger charge is -2.16. The molecule has 0 radical (unpaired) electrons. The van der Waals surface area contributed by atoms with Crippen LogP contribution < -0.4 is 5.32 Å². The molecule has 1 amide bonds. The zero-order valence-corrected chi connectivity index (χ0v) is 11.9. The number of nitrogens with one attached hydrogen (secondary N) is 1. The number of aliphatic hydroxyl groups is 1. The molecule has 0 fully saturated rings. The molecule has 2 N–H and O–H groups in total. The second-order valence-electron chi connectivity index (χ2n) is 4.79. The van der Waals surface area contributed by atoms with Crippen LogP contribution in [-0.2, 0) is 7.05 Å². The first-order valence-corrected chi connectivity index (χ1v) is 6.51. The fourth-order valence-corrected chi connectivity index (χ4v) is 2.25. The molecule has 1 unspecified atom stereocenters. The minimum atomic E-state index is -0.414. The van der Waals surface area contributed by atoms with Crippen LogP contribution in [0.3, 0.4) is 0 Å². The van der Waals surface area contributed by atoms with E-state index in [0.29, 0.717) is 11.3 Å². The summed E-state index contributed by atoms with van der Waals surface area (Å²) in [5.41, 5.74) is 2.95. The van der Waals surface area contributed by atoms with E-state index in [1.165, 1.54) is 0 Å². The van der Waals surface area contributed by atoms with Crippen LogP contribution >= 0.6 is 0 Å². The highest BCUT2D eigenvalue weighted by atomic mass is 16.3. The molecule has 106 valence electrons. The van der Waals surface area contributed by atoms with Crippen LogP contribution in [0.25, 0.3) is 0 Å². The van der Waals surface area contributed by atoms with Crippen molar-refractivity contribution in [2.75, 3.05) is 6.61 Å². The summed E-state index contributed by atoms with van der Waals surface area (Å²) in [4.78, 5) is 12.4. The SMILES string of the molecule is Cc1nn(C)c(C)c1C(=O)NC(CO)c1ccccc1. The summed E-state index contributed by atoms with van der Waals surface area (Å²) < 4.78 is 1.68. The van der Waals surface area contributed by atoms with Crippen molar-refractivity contribution in [1.82, 2.24) is 15.1 Å². The third kappa shape index (κ3) is 2.72. The minimum absolute atomic E-state index is 0.145. The molecule has 1 aromatic carbocycles. The number of aryl methyl sites for hydroxylation is 2. The molecule has 0 bridgehead atoms. The Balaban J connectivity index is 2.22. The van der Waals surface area contributed by atoms with Crippen molar-refractivity contribution in [2.45, 2.75) is 19.9 Å². The van der Waals surface area contributed by atoms with Crippen LogP contribution in [-0.4, -0.2) is 27.4 Å². The normalized spacial score (nSPS) is 12.2. The minimum Gasteiger partial charge on any atom is -0.394 e. The summed E-state index contributed by atoms with van der Waals surface area (Å²) in [6.45, 7) is 3.51. The lowest BCUT2D eigenvalue weighted by atomic mass is 10.1. The maximum Gasteiger partial charge on any atom is 0.255 e. The van der Waals surface area contributed by atoms with Crippen LogP contribution in [0, 0.1) is 13.8 Å². The van der Waals surface area contributed by atoms with Crippen LogP contribution in [0.4, 0.5) is 0 Å². The monoisotopic (exact) mass is 273 g/mol. The van der Waals surface area contributed by atoms with Crippen LogP contribution in [0.5, 0.6) is 0 Å². The average molecular weight is 273 g/mol. The van der Waals surface area contributed by atoms with Gasteiger partial charge < -0.3 is 10.4 Å². The molecule has 1 heterocycles. The highest BCUT2D eigenvalue weighted by Crippen LogP contribution is 2.16. The first-order chi connectivity index (χ1) is 9.54. The Morgan fingerprint density at radius 1 is 1.35 bits per heavy atom. The summed E-state index contributed by atoms with van der Waals surface area (Å²) in [7, 11) is 1.81. The second kappa shape index (κ2) is 5.88. The van der Waals surface area contributed by atoms with Crippen molar-refractivity contribution < 1.29 is 9.90 Å². The largest absolute Gasteiger partial charge is 0.394 e. The third-order valence-corrected chi connectivity index (χ3v) is 3.43. The van der Waals surface area contributed by atoms with E-state index < -0.39 is 6.04 Å². The number of amides is 1. The number of carbonyl (C=O) groups excluding carboxylic acids is 1. The summed E-state index contributed by atoms with van der Waals surface area (Å²) in [6.07, 6.45) is 0. The Kier molecular flexibility index (Phi) is 4.20. The van der Waals surface area contributed by atoms with E-state index in [4.69, 9.17) is 0 Å². The van der Waals surface area contributed by atoms with E-state index in [9.17, 15) is 9.90 Å². The van der Waals surface area contributed by atoms with Crippen molar-refractivity contribution in [2.24, 2.45) is 7.05 Å². The van der Waals surface area contributed by atoms with Gasteiger partial charge in [0.15, 0.2) is 0 Å². The van der Waals surface area contributed by atoms with Gasteiger partial charge in [-0.2, -0.15) is 5.10 Å². The third-order valence-electron chi connectivity index (χ3n) is 3.43. The van der Waals surface area contributed by atoms with Crippen molar-refractivity contribution in [1.29, 1.82) is 0 Å². The molecule has 0 aliphatic carbocycles. The first-order valence-electron chi connectivity index (χ1n) is 6.51. The summed E-state index contributed by atoms with van der Waals surface area (Å²) in [6, 6.07) is 9.00. The van der Waals surface area contributed by atoms with Gasteiger partial charge >= 0.3 is 0 Å². The summed E-state index contributed by atoms with van der Waals surface area (Å²) in [5, 5.41) is 16.6. The molecule has 1 atom stereocenters. The summed E-state index contributed by atoms with van der Waals surface area (Å²) in [5.74, 6) is -0.212. The fraction of sp³-hybridized carbons (Fsp3) is 0.333. The highest BCUT2D eigenvalue weighted by Gasteiger charge is 2.20. The van der Waals surface area contributed by atoms with Gasteiger partial charge in [0.05, 0.1) is 23.9 Å². The number of hydrogen-bond acceptors (Lipinski definition) is 3. The van der Waals surface area contributed by atoms with Gasteiger partial charge in [-0.05, 0) is 19.4 Å². The van der Waals surface area contributed by atoms with Gasteiger partial charge in [-0.15, -0.1) is 0 Å². The molecule has 2 aromatic rings. The maximum atomic E-state index is 12.4. The molecule has 1 aromatic heterocycles. The average Bonchev–Trinajstić information content (AvgIpc) is 2.70. The van der Waals surface area contributed by atoms with E-state index in [0.717, 1.165) is 11.3 Å². The lowest BCUT2D eigenvalue weighted by Crippen LogP contribution is -2.31. The number of carbonyl (C=O) groups is 1. The standard InChI is InChI=1S/C15H19N3O2/c1-10-14(11(2)18(3)17-10)15(20)16-13(9-19)12-7-5-4-6-8-12/h4-8,13,19H,9H2,1-3H3,(H,16,20). The smallest absolute Gasteiger partial charge is 0.255 e. The van der Waals surface area contributed by atoms with Crippen molar-refractivity contribution in [3.63, 3.8) is 0 Å². The second-order valence-corrected chi connectivity index (χ2v) is 4.79. The van der Waals surface area contributed by atoms with Gasteiger partial charge in [0.25, 0.3) is 5.91 Å². The van der Waals surface area contributed by atoms with Gasteiger partial charge in [0, 0.05) is 12.7 Å². The van der Waals surface area contributed by atoms with Gasteiger partial charge in [0.2, 0.25) is 0 Å². The van der Waals surface area contributed by atoms with Crippen molar-refractivity contribution in [3.05, 3.63) is 52.8 Å². The van der Waals surface area contributed by atoms with Crippen LogP contribution in [0.15, 0.2) is 30.3 Å². The van der Waals surface area contributed by atoms with E-state index in [-0.39, 0.29) is 12.5 Å². The van der Waals surface area contributed by atoms with Gasteiger partial charge in [-0.25, -0.2) is 0 Å². The predicted octanol–water partition coefficient (Wildman–Crippen LogP) is 1.50. The fourth-order valence-electron chi connectivity index (χ4n) is 2.25. The number of rotatable bonds is 4. The Labute approximate surface area is 118 Å². The zero-order chi connectivity index (χ0) is 14.7. The first kappa shape index (κ1) is 14.3. The topological polar surface area (TPSA) is 67.2 Å². The molecule has 0 aliphatic heterocycles.